The summed E-state index contributed by atoms with van der Waals surface area (Å²) in [6.07, 6.45) is 5.30. The van der Waals surface area contributed by atoms with Gasteiger partial charge in [0.15, 0.2) is 0 Å². The lowest BCUT2D eigenvalue weighted by Gasteiger charge is -2.36. The third-order valence-electron chi connectivity index (χ3n) is 4.13. The van der Waals surface area contributed by atoms with Gasteiger partial charge in [0.25, 0.3) is 5.91 Å². The van der Waals surface area contributed by atoms with Crippen molar-refractivity contribution in [2.24, 2.45) is 5.92 Å². The Morgan fingerprint density at radius 2 is 2.08 bits per heavy atom. The zero-order chi connectivity index (χ0) is 17.3. The molecular formula is C16H17N3O4S. The monoisotopic (exact) mass is 347 g/mol. The van der Waals surface area contributed by atoms with Crippen molar-refractivity contribution in [3.63, 3.8) is 0 Å². The van der Waals surface area contributed by atoms with E-state index in [1.54, 1.807) is 11.0 Å². The molecule has 2 saturated heterocycles. The second-order valence-electron chi connectivity index (χ2n) is 5.79. The van der Waals surface area contributed by atoms with Gasteiger partial charge in [-0.3, -0.25) is 9.59 Å². The molecule has 2 aliphatic heterocycles. The first-order chi connectivity index (χ1) is 11.4. The number of amides is 2. The predicted octanol–water partition coefficient (Wildman–Crippen LogP) is -0.488. The molecule has 2 heterocycles. The number of terminal acetylenes is 1. The summed E-state index contributed by atoms with van der Waals surface area (Å²) < 4.78 is 26.4. The fraction of sp³-hybridized carbons (Fsp3) is 0.375. The molecule has 0 unspecified atom stereocenters. The first-order valence-corrected chi connectivity index (χ1v) is 8.98. The van der Waals surface area contributed by atoms with Gasteiger partial charge in [0.1, 0.15) is 0 Å². The molecule has 0 atom stereocenters. The molecule has 0 aliphatic carbocycles. The zero-order valence-corrected chi connectivity index (χ0v) is 13.8. The van der Waals surface area contributed by atoms with Crippen LogP contribution in [0.5, 0.6) is 0 Å². The van der Waals surface area contributed by atoms with Gasteiger partial charge in [-0.15, -0.1) is 6.42 Å². The van der Waals surface area contributed by atoms with E-state index in [9.17, 15) is 18.0 Å². The highest BCUT2D eigenvalue weighted by Crippen LogP contribution is 2.21. The Balaban J connectivity index is 1.81. The molecular weight excluding hydrogens is 330 g/mol. The summed E-state index contributed by atoms with van der Waals surface area (Å²) in [5.74, 6) is 2.07. The quantitative estimate of drug-likeness (QED) is 0.748. The number of hydrogen-bond acceptors (Lipinski definition) is 4. The Labute approximate surface area is 140 Å². The first-order valence-electron chi connectivity index (χ1n) is 7.54. The predicted molar refractivity (Wildman–Crippen MR) is 86.4 cm³/mol. The molecule has 8 heteroatoms. The van der Waals surface area contributed by atoms with Gasteiger partial charge in [0, 0.05) is 31.7 Å². The second-order valence-corrected chi connectivity index (χ2v) is 7.73. The normalized spacial score (nSPS) is 19.3. The Hall–Kier alpha value is -2.37. The van der Waals surface area contributed by atoms with Crippen LogP contribution in [0.2, 0.25) is 0 Å². The number of nitrogens with zero attached hydrogens (tertiary/aromatic N) is 2. The summed E-state index contributed by atoms with van der Waals surface area (Å²) in [4.78, 5) is 25.4. The fourth-order valence-corrected chi connectivity index (χ4v) is 4.13. The summed E-state index contributed by atoms with van der Waals surface area (Å²) in [6, 6.07) is 5.89. The van der Waals surface area contributed by atoms with E-state index in [0.29, 0.717) is 18.7 Å². The van der Waals surface area contributed by atoms with Gasteiger partial charge in [-0.05, 0) is 18.2 Å². The zero-order valence-electron chi connectivity index (χ0n) is 12.9. The molecule has 1 aromatic rings. The summed E-state index contributed by atoms with van der Waals surface area (Å²) in [6.45, 7) is 1.24. The van der Waals surface area contributed by atoms with Crippen molar-refractivity contribution in [2.75, 3.05) is 32.7 Å². The van der Waals surface area contributed by atoms with Crippen molar-refractivity contribution in [1.29, 1.82) is 0 Å². The highest BCUT2D eigenvalue weighted by atomic mass is 32.2. The molecule has 24 heavy (non-hydrogen) atoms. The standard InChI is InChI=1S/C16H17N3O4S/c1-2-12-9-18(10-12)16(21)13-4-3-5-14(8-13)24(22,23)19-7-6-17-15(20)11-19/h1,3-5,8,12H,6-7,9-11H2,(H,17,20). The van der Waals surface area contributed by atoms with E-state index in [1.165, 1.54) is 18.2 Å². The fourth-order valence-electron chi connectivity index (χ4n) is 2.69. The number of likely N-dealkylation sites (tertiary alicyclic amines) is 1. The maximum absolute atomic E-state index is 12.7. The van der Waals surface area contributed by atoms with E-state index >= 15 is 0 Å². The molecule has 2 aliphatic rings. The molecule has 1 aromatic carbocycles. The highest BCUT2D eigenvalue weighted by Gasteiger charge is 2.32. The van der Waals surface area contributed by atoms with Crippen molar-refractivity contribution in [3.8, 4) is 12.3 Å². The second kappa shape index (κ2) is 6.26. The molecule has 7 nitrogen and oxygen atoms in total. The SMILES string of the molecule is C#CC1CN(C(=O)c2cccc(S(=O)(=O)N3CCNC(=O)C3)c2)C1. The minimum atomic E-state index is -3.81. The van der Waals surface area contributed by atoms with Crippen LogP contribution in [-0.2, 0) is 14.8 Å². The molecule has 126 valence electrons. The number of nitrogens with one attached hydrogen (secondary N) is 1. The topological polar surface area (TPSA) is 86.8 Å². The van der Waals surface area contributed by atoms with Crippen molar-refractivity contribution < 1.29 is 18.0 Å². The van der Waals surface area contributed by atoms with Crippen molar-refractivity contribution in [2.45, 2.75) is 4.90 Å². The first kappa shape index (κ1) is 16.5. The van der Waals surface area contributed by atoms with Gasteiger partial charge in [-0.25, -0.2) is 8.42 Å². The van der Waals surface area contributed by atoms with Gasteiger partial charge < -0.3 is 10.2 Å². The van der Waals surface area contributed by atoms with Crippen LogP contribution in [0.3, 0.4) is 0 Å². The molecule has 2 amide bonds. The van der Waals surface area contributed by atoms with Crippen LogP contribution in [0.1, 0.15) is 10.4 Å². The summed E-state index contributed by atoms with van der Waals surface area (Å²) >= 11 is 0. The lowest BCUT2D eigenvalue weighted by atomic mass is 10.00. The van der Waals surface area contributed by atoms with Crippen LogP contribution in [0.15, 0.2) is 29.2 Å². The minimum absolute atomic E-state index is 0.0112. The van der Waals surface area contributed by atoms with E-state index in [1.807, 2.05) is 0 Å². The molecule has 0 radical (unpaired) electrons. The van der Waals surface area contributed by atoms with Crippen molar-refractivity contribution in [3.05, 3.63) is 29.8 Å². The summed E-state index contributed by atoms with van der Waals surface area (Å²) in [7, 11) is -3.81. The summed E-state index contributed by atoms with van der Waals surface area (Å²) in [5.41, 5.74) is 0.299. The smallest absolute Gasteiger partial charge is 0.253 e. The van der Waals surface area contributed by atoms with Gasteiger partial charge in [-0.1, -0.05) is 12.0 Å². The van der Waals surface area contributed by atoms with Crippen LogP contribution in [0, 0.1) is 18.3 Å². The van der Waals surface area contributed by atoms with Crippen LogP contribution in [0.25, 0.3) is 0 Å². The number of piperazine rings is 1. The molecule has 0 saturated carbocycles. The highest BCUT2D eigenvalue weighted by molar-refractivity contribution is 7.89. The Bertz CT molecular complexity index is 822. The van der Waals surface area contributed by atoms with Gasteiger partial charge in [0.2, 0.25) is 15.9 Å². The molecule has 0 spiro atoms. The van der Waals surface area contributed by atoms with Crippen LogP contribution in [-0.4, -0.2) is 62.2 Å². The van der Waals surface area contributed by atoms with Crippen LogP contribution < -0.4 is 5.32 Å². The van der Waals surface area contributed by atoms with E-state index in [4.69, 9.17) is 6.42 Å². The van der Waals surface area contributed by atoms with Gasteiger partial charge in [-0.2, -0.15) is 4.31 Å². The Morgan fingerprint density at radius 3 is 2.75 bits per heavy atom. The summed E-state index contributed by atoms with van der Waals surface area (Å²) in [5, 5.41) is 2.58. The van der Waals surface area contributed by atoms with Crippen molar-refractivity contribution in [1.82, 2.24) is 14.5 Å². The van der Waals surface area contributed by atoms with Crippen LogP contribution >= 0.6 is 0 Å². The van der Waals surface area contributed by atoms with E-state index in [-0.39, 0.29) is 42.3 Å². The maximum Gasteiger partial charge on any atom is 0.253 e. The van der Waals surface area contributed by atoms with Crippen molar-refractivity contribution >= 4 is 21.8 Å². The number of rotatable bonds is 3. The van der Waals surface area contributed by atoms with E-state index in [2.05, 4.69) is 11.2 Å². The number of benzene rings is 1. The number of carbonyl (C=O) groups excluding carboxylic acids is 2. The third-order valence-corrected chi connectivity index (χ3v) is 5.97. The molecule has 3 rings (SSSR count). The van der Waals surface area contributed by atoms with E-state index < -0.39 is 10.0 Å². The minimum Gasteiger partial charge on any atom is -0.354 e. The average molecular weight is 347 g/mol. The number of carbonyl (C=O) groups is 2. The number of hydrogen-bond donors (Lipinski definition) is 1. The van der Waals surface area contributed by atoms with Gasteiger partial charge in [0.05, 0.1) is 17.4 Å². The Morgan fingerprint density at radius 1 is 1.33 bits per heavy atom. The molecule has 1 N–H and O–H groups in total. The van der Waals surface area contributed by atoms with Gasteiger partial charge >= 0.3 is 0 Å². The lowest BCUT2D eigenvalue weighted by Crippen LogP contribution is -2.50. The molecule has 0 bridgehead atoms. The van der Waals surface area contributed by atoms with Crippen LogP contribution in [0.4, 0.5) is 0 Å². The number of sulfonamides is 1. The Kier molecular flexibility index (Phi) is 4.30. The average Bonchev–Trinajstić information content (AvgIpc) is 2.54. The lowest BCUT2D eigenvalue weighted by molar-refractivity contribution is -0.122. The third kappa shape index (κ3) is 3.00. The van der Waals surface area contributed by atoms with E-state index in [0.717, 1.165) is 4.31 Å². The largest absolute Gasteiger partial charge is 0.354 e. The molecule has 2 fully saturated rings. The maximum atomic E-state index is 12.7. The molecule has 0 aromatic heterocycles.